The van der Waals surface area contributed by atoms with Crippen molar-refractivity contribution >= 4 is 13.8 Å². The molecule has 0 aromatic rings. The maximum absolute atomic E-state index is 11.5. The highest BCUT2D eigenvalue weighted by Gasteiger charge is 2.20. The molecule has 0 spiro atoms. The molecule has 8 heteroatoms. The summed E-state index contributed by atoms with van der Waals surface area (Å²) in [4.78, 5) is 28.5. The molecule has 0 aromatic heterocycles. The molecule has 0 rings (SSSR count). The van der Waals surface area contributed by atoms with E-state index in [1.54, 1.807) is 0 Å². The van der Waals surface area contributed by atoms with Crippen LogP contribution in [0.2, 0.25) is 0 Å². The molecule has 7 nitrogen and oxygen atoms in total. The maximum Gasteiger partial charge on any atom is 0.469 e. The summed E-state index contributed by atoms with van der Waals surface area (Å²) in [6, 6.07) is 0. The van der Waals surface area contributed by atoms with Crippen LogP contribution in [-0.4, -0.2) is 40.2 Å². The molecule has 1 atom stereocenters. The predicted molar refractivity (Wildman–Crippen MR) is 77.6 cm³/mol. The van der Waals surface area contributed by atoms with Gasteiger partial charge in [0.15, 0.2) is 0 Å². The molecule has 0 fully saturated rings. The minimum atomic E-state index is -4.62. The first-order chi connectivity index (χ1) is 9.89. The fraction of sp³-hybridized carbons (Fsp3) is 0.923. The van der Waals surface area contributed by atoms with Crippen molar-refractivity contribution in [1.29, 1.82) is 0 Å². The van der Waals surface area contributed by atoms with Crippen LogP contribution in [0.15, 0.2) is 0 Å². The SMILES string of the molecule is CCCCCCCCCC(=O)O[C@H](CO)COP(=O)(O)O. The van der Waals surface area contributed by atoms with Gasteiger partial charge in [0, 0.05) is 6.42 Å². The normalized spacial score (nSPS) is 13.1. The Balaban J connectivity index is 3.68. The second-order valence-electron chi connectivity index (χ2n) is 4.95. The molecular formula is C13H27O7P. The van der Waals surface area contributed by atoms with Crippen molar-refractivity contribution < 1.29 is 33.5 Å². The highest BCUT2D eigenvalue weighted by Crippen LogP contribution is 2.35. The Morgan fingerprint density at radius 2 is 1.67 bits per heavy atom. The van der Waals surface area contributed by atoms with Gasteiger partial charge in [0.1, 0.15) is 6.10 Å². The Bertz CT molecular complexity index is 316. The number of carbonyl (C=O) groups is 1. The standard InChI is InChI=1S/C13H27O7P/c1-2-3-4-5-6-7-8-9-13(15)20-12(10-14)11-19-21(16,17)18/h12,14H,2-11H2,1H3,(H2,16,17,18)/t12-/m1/s1. The van der Waals surface area contributed by atoms with Crippen LogP contribution in [0.3, 0.4) is 0 Å². The van der Waals surface area contributed by atoms with Crippen LogP contribution in [0.5, 0.6) is 0 Å². The number of unbranched alkanes of at least 4 members (excludes halogenated alkanes) is 6. The van der Waals surface area contributed by atoms with Crippen molar-refractivity contribution in [2.24, 2.45) is 0 Å². The summed E-state index contributed by atoms with van der Waals surface area (Å²) in [6.45, 7) is 1.09. The number of carbonyl (C=O) groups excluding carboxylic acids is 1. The van der Waals surface area contributed by atoms with Crippen LogP contribution in [0, 0.1) is 0 Å². The molecule has 21 heavy (non-hydrogen) atoms. The molecule has 0 saturated carbocycles. The van der Waals surface area contributed by atoms with Crippen LogP contribution >= 0.6 is 7.82 Å². The largest absolute Gasteiger partial charge is 0.469 e. The molecule has 0 aromatic carbocycles. The van der Waals surface area contributed by atoms with E-state index in [1.165, 1.54) is 19.3 Å². The fourth-order valence-electron chi connectivity index (χ4n) is 1.78. The zero-order chi connectivity index (χ0) is 16.1. The van der Waals surface area contributed by atoms with Crippen molar-refractivity contribution in [2.45, 2.75) is 64.4 Å². The quantitative estimate of drug-likeness (QED) is 0.270. The zero-order valence-corrected chi connectivity index (χ0v) is 13.5. The van der Waals surface area contributed by atoms with Crippen molar-refractivity contribution in [3.63, 3.8) is 0 Å². The number of aliphatic hydroxyl groups is 1. The molecule has 0 radical (unpaired) electrons. The Hall–Kier alpha value is -0.460. The number of aliphatic hydroxyl groups excluding tert-OH is 1. The van der Waals surface area contributed by atoms with E-state index in [9.17, 15) is 9.36 Å². The van der Waals surface area contributed by atoms with E-state index in [4.69, 9.17) is 19.6 Å². The Morgan fingerprint density at radius 3 is 2.19 bits per heavy atom. The van der Waals surface area contributed by atoms with E-state index in [1.807, 2.05) is 0 Å². The van der Waals surface area contributed by atoms with Gasteiger partial charge in [-0.1, -0.05) is 45.4 Å². The fourth-order valence-corrected chi connectivity index (χ4v) is 2.14. The number of ether oxygens (including phenoxy) is 1. The summed E-state index contributed by atoms with van der Waals surface area (Å²) < 4.78 is 19.6. The van der Waals surface area contributed by atoms with Gasteiger partial charge in [0.05, 0.1) is 13.2 Å². The average Bonchev–Trinajstić information content (AvgIpc) is 2.41. The average molecular weight is 326 g/mol. The van der Waals surface area contributed by atoms with Crippen molar-refractivity contribution in [1.82, 2.24) is 0 Å². The van der Waals surface area contributed by atoms with Gasteiger partial charge in [-0.2, -0.15) is 0 Å². The number of phosphoric ester groups is 1. The lowest BCUT2D eigenvalue weighted by molar-refractivity contribution is -0.153. The predicted octanol–water partition coefficient (Wildman–Crippen LogP) is 2.14. The first-order valence-electron chi connectivity index (χ1n) is 7.39. The molecule has 0 bridgehead atoms. The van der Waals surface area contributed by atoms with Crippen molar-refractivity contribution in [3.8, 4) is 0 Å². The van der Waals surface area contributed by atoms with Gasteiger partial charge in [-0.15, -0.1) is 0 Å². The molecule has 126 valence electrons. The molecule has 0 unspecified atom stereocenters. The van der Waals surface area contributed by atoms with Gasteiger partial charge in [0.2, 0.25) is 0 Å². The third-order valence-corrected chi connectivity index (χ3v) is 3.40. The van der Waals surface area contributed by atoms with E-state index in [2.05, 4.69) is 11.4 Å². The lowest BCUT2D eigenvalue weighted by Crippen LogP contribution is -2.26. The van der Waals surface area contributed by atoms with Crippen LogP contribution in [0.25, 0.3) is 0 Å². The molecule has 0 aliphatic heterocycles. The van der Waals surface area contributed by atoms with Gasteiger partial charge in [0.25, 0.3) is 0 Å². The second kappa shape index (κ2) is 12.1. The molecule has 0 aliphatic rings. The third-order valence-electron chi connectivity index (χ3n) is 2.91. The highest BCUT2D eigenvalue weighted by atomic mass is 31.2. The molecule has 0 amide bonds. The number of rotatable bonds is 13. The topological polar surface area (TPSA) is 113 Å². The summed E-state index contributed by atoms with van der Waals surface area (Å²) in [5.41, 5.74) is 0. The van der Waals surface area contributed by atoms with E-state index >= 15 is 0 Å². The van der Waals surface area contributed by atoms with Crippen LogP contribution < -0.4 is 0 Å². The number of hydrogen-bond acceptors (Lipinski definition) is 5. The first kappa shape index (κ1) is 20.5. The minimum absolute atomic E-state index is 0.236. The summed E-state index contributed by atoms with van der Waals surface area (Å²) >= 11 is 0. The molecule has 0 aliphatic carbocycles. The Labute approximate surface area is 125 Å². The van der Waals surface area contributed by atoms with Crippen molar-refractivity contribution in [3.05, 3.63) is 0 Å². The van der Waals surface area contributed by atoms with Gasteiger partial charge < -0.3 is 19.6 Å². The zero-order valence-electron chi connectivity index (χ0n) is 12.6. The van der Waals surface area contributed by atoms with Gasteiger partial charge >= 0.3 is 13.8 Å². The first-order valence-corrected chi connectivity index (χ1v) is 8.92. The summed E-state index contributed by atoms with van der Waals surface area (Å²) in [6.07, 6.45) is 6.74. The number of hydrogen-bond donors (Lipinski definition) is 3. The molecule has 3 N–H and O–H groups in total. The van der Waals surface area contributed by atoms with Crippen molar-refractivity contribution in [2.75, 3.05) is 13.2 Å². The smallest absolute Gasteiger partial charge is 0.457 e. The summed E-state index contributed by atoms with van der Waals surface area (Å²) in [5, 5.41) is 8.95. The van der Waals surface area contributed by atoms with Crippen LogP contribution in [0.1, 0.15) is 58.3 Å². The third kappa shape index (κ3) is 14.2. The van der Waals surface area contributed by atoms with Gasteiger partial charge in [-0.3, -0.25) is 9.32 Å². The maximum atomic E-state index is 11.5. The summed E-state index contributed by atoms with van der Waals surface area (Å²) in [5.74, 6) is -0.489. The van der Waals surface area contributed by atoms with E-state index in [-0.39, 0.29) is 6.42 Å². The Morgan fingerprint density at radius 1 is 1.10 bits per heavy atom. The summed E-state index contributed by atoms with van der Waals surface area (Å²) in [7, 11) is -4.62. The minimum Gasteiger partial charge on any atom is -0.457 e. The van der Waals surface area contributed by atoms with E-state index in [0.717, 1.165) is 19.3 Å². The molecular weight excluding hydrogens is 299 g/mol. The lowest BCUT2D eigenvalue weighted by atomic mass is 10.1. The monoisotopic (exact) mass is 326 g/mol. The van der Waals surface area contributed by atoms with E-state index in [0.29, 0.717) is 6.42 Å². The lowest BCUT2D eigenvalue weighted by Gasteiger charge is -2.15. The number of esters is 1. The van der Waals surface area contributed by atoms with Gasteiger partial charge in [-0.25, -0.2) is 4.57 Å². The van der Waals surface area contributed by atoms with E-state index < -0.39 is 33.1 Å². The second-order valence-corrected chi connectivity index (χ2v) is 6.19. The number of phosphoric acid groups is 1. The Kier molecular flexibility index (Phi) is 11.9. The van der Waals surface area contributed by atoms with Gasteiger partial charge in [-0.05, 0) is 6.42 Å². The molecule has 0 saturated heterocycles. The van der Waals surface area contributed by atoms with Crippen LogP contribution in [-0.2, 0) is 18.6 Å². The highest BCUT2D eigenvalue weighted by molar-refractivity contribution is 7.46. The molecule has 0 heterocycles. The van der Waals surface area contributed by atoms with Crippen LogP contribution in [0.4, 0.5) is 0 Å².